The van der Waals surface area contributed by atoms with Gasteiger partial charge in [-0.25, -0.2) is 0 Å². The highest BCUT2D eigenvalue weighted by Crippen LogP contribution is 2.30. The Kier molecular flexibility index (Phi) is 3.87. The average Bonchev–Trinajstić information content (AvgIpc) is 2.14. The van der Waals surface area contributed by atoms with Crippen LogP contribution in [0.5, 0.6) is 11.5 Å². The number of phenolic OH excluding ortho intramolecular Hbond substituents is 1. The van der Waals surface area contributed by atoms with Crippen molar-refractivity contribution in [3.8, 4) is 11.5 Å². The van der Waals surface area contributed by atoms with Crippen molar-refractivity contribution in [3.05, 3.63) is 23.8 Å². The Bertz CT molecular complexity index is 429. The minimum absolute atomic E-state index is 0.331. The minimum atomic E-state index is -4.95. The number of alkyl halides is 4. The molecule has 1 aromatic carbocycles. The van der Waals surface area contributed by atoms with Gasteiger partial charge < -0.3 is 9.84 Å². The van der Waals surface area contributed by atoms with E-state index in [9.17, 15) is 18.0 Å². The first kappa shape index (κ1) is 13.6. The van der Waals surface area contributed by atoms with Gasteiger partial charge in [-0.1, -0.05) is 0 Å². The highest BCUT2D eigenvalue weighted by molar-refractivity contribution is 6.33. The molecule has 0 fully saturated rings. The Labute approximate surface area is 99.8 Å². The van der Waals surface area contributed by atoms with Crippen LogP contribution >= 0.6 is 11.6 Å². The summed E-state index contributed by atoms with van der Waals surface area (Å²) in [6.45, 7) is 1.33. The van der Waals surface area contributed by atoms with Crippen molar-refractivity contribution in [2.24, 2.45) is 0 Å². The quantitative estimate of drug-likeness (QED) is 0.677. The van der Waals surface area contributed by atoms with Crippen molar-refractivity contribution in [2.75, 3.05) is 0 Å². The van der Waals surface area contributed by atoms with Gasteiger partial charge in [0.1, 0.15) is 11.5 Å². The normalized spacial score (nSPS) is 13.2. The zero-order chi connectivity index (χ0) is 13.2. The van der Waals surface area contributed by atoms with E-state index in [4.69, 9.17) is 16.7 Å². The van der Waals surface area contributed by atoms with E-state index < -0.39 is 29.0 Å². The van der Waals surface area contributed by atoms with E-state index in [1.54, 1.807) is 0 Å². The van der Waals surface area contributed by atoms with Gasteiger partial charge in [-0.05, 0) is 19.1 Å². The van der Waals surface area contributed by atoms with Crippen LogP contribution in [0.3, 0.4) is 0 Å². The Morgan fingerprint density at radius 3 is 2.53 bits per heavy atom. The maximum atomic E-state index is 12.1. The van der Waals surface area contributed by atoms with Crippen LogP contribution in [-0.4, -0.2) is 22.6 Å². The molecular formula is C10H8ClF3O3. The van der Waals surface area contributed by atoms with Gasteiger partial charge in [-0.15, -0.1) is 24.8 Å². The van der Waals surface area contributed by atoms with Crippen LogP contribution in [0.2, 0.25) is 0 Å². The Morgan fingerprint density at radius 1 is 1.47 bits per heavy atom. The fraction of sp³-hybridized carbons (Fsp3) is 0.300. The lowest BCUT2D eigenvalue weighted by Crippen LogP contribution is -2.20. The van der Waals surface area contributed by atoms with Crippen LogP contribution in [0, 0.1) is 0 Å². The van der Waals surface area contributed by atoms with Crippen LogP contribution in [-0.2, 0) is 0 Å². The summed E-state index contributed by atoms with van der Waals surface area (Å²) >= 11 is 5.50. The molecule has 0 aliphatic heterocycles. The molecule has 1 aromatic rings. The molecule has 0 bridgehead atoms. The van der Waals surface area contributed by atoms with E-state index in [1.807, 2.05) is 0 Å². The molecule has 1 N–H and O–H groups in total. The predicted molar refractivity (Wildman–Crippen MR) is 54.4 cm³/mol. The van der Waals surface area contributed by atoms with Crippen molar-refractivity contribution in [1.82, 2.24) is 0 Å². The summed E-state index contributed by atoms with van der Waals surface area (Å²) in [6, 6.07) is 2.81. The highest BCUT2D eigenvalue weighted by atomic mass is 35.5. The zero-order valence-corrected chi connectivity index (χ0v) is 9.34. The first-order valence-electron chi connectivity index (χ1n) is 4.48. The van der Waals surface area contributed by atoms with E-state index in [-0.39, 0.29) is 5.56 Å². The van der Waals surface area contributed by atoms with E-state index in [0.717, 1.165) is 12.1 Å². The Balaban J connectivity index is 3.17. The maximum absolute atomic E-state index is 12.1. The molecule has 94 valence electrons. The molecule has 0 aromatic heterocycles. The monoisotopic (exact) mass is 268 g/mol. The average molecular weight is 269 g/mol. The van der Waals surface area contributed by atoms with E-state index in [0.29, 0.717) is 6.07 Å². The summed E-state index contributed by atoms with van der Waals surface area (Å²) in [5.74, 6) is -1.93. The van der Waals surface area contributed by atoms with Crippen molar-refractivity contribution in [3.63, 3.8) is 0 Å². The number of ether oxygens (including phenoxy) is 1. The fourth-order valence-corrected chi connectivity index (χ4v) is 1.26. The molecule has 7 heteroatoms. The Morgan fingerprint density at radius 2 is 2.06 bits per heavy atom. The topological polar surface area (TPSA) is 46.5 Å². The summed E-state index contributed by atoms with van der Waals surface area (Å²) in [5.41, 5.74) is -0.331. The smallest absolute Gasteiger partial charge is 0.508 e. The third-order valence-electron chi connectivity index (χ3n) is 1.82. The lowest BCUT2D eigenvalue weighted by Gasteiger charge is -2.13. The van der Waals surface area contributed by atoms with Gasteiger partial charge in [0.25, 0.3) is 0 Å². The fourth-order valence-electron chi connectivity index (χ4n) is 1.14. The number of hydrogen-bond acceptors (Lipinski definition) is 3. The van der Waals surface area contributed by atoms with Crippen molar-refractivity contribution < 1.29 is 27.8 Å². The van der Waals surface area contributed by atoms with Crippen molar-refractivity contribution in [1.29, 1.82) is 0 Å². The van der Waals surface area contributed by atoms with Crippen molar-refractivity contribution >= 4 is 17.4 Å². The lowest BCUT2D eigenvalue weighted by molar-refractivity contribution is -0.274. The molecular weight excluding hydrogens is 261 g/mol. The van der Waals surface area contributed by atoms with E-state index in [1.165, 1.54) is 6.92 Å². The van der Waals surface area contributed by atoms with Crippen LogP contribution < -0.4 is 4.74 Å². The molecule has 1 atom stereocenters. The maximum Gasteiger partial charge on any atom is 0.573 e. The molecule has 0 radical (unpaired) electrons. The summed E-state index contributed by atoms with van der Waals surface area (Å²) in [7, 11) is 0. The van der Waals surface area contributed by atoms with Crippen LogP contribution in [0.1, 0.15) is 17.3 Å². The SMILES string of the molecule is CC(Cl)C(=O)c1ccc(O)cc1OC(F)(F)F. The van der Waals surface area contributed by atoms with Crippen LogP contribution in [0.4, 0.5) is 13.2 Å². The van der Waals surface area contributed by atoms with Crippen LogP contribution in [0.15, 0.2) is 18.2 Å². The summed E-state index contributed by atoms with van der Waals surface area (Å²) < 4.78 is 39.9. The summed E-state index contributed by atoms with van der Waals surface area (Å²) in [5, 5.41) is 8.07. The molecule has 3 nitrogen and oxygen atoms in total. The molecule has 0 saturated heterocycles. The number of benzene rings is 1. The minimum Gasteiger partial charge on any atom is -0.508 e. The Hall–Kier alpha value is -1.43. The largest absolute Gasteiger partial charge is 0.573 e. The molecule has 0 heterocycles. The third kappa shape index (κ3) is 3.81. The first-order chi connectivity index (χ1) is 7.70. The van der Waals surface area contributed by atoms with Gasteiger partial charge in [0.05, 0.1) is 10.9 Å². The number of carbonyl (C=O) groups excluding carboxylic acids is 1. The van der Waals surface area contributed by atoms with Crippen molar-refractivity contribution in [2.45, 2.75) is 18.7 Å². The first-order valence-corrected chi connectivity index (χ1v) is 4.91. The molecule has 1 rings (SSSR count). The molecule has 0 saturated carbocycles. The van der Waals surface area contributed by atoms with Gasteiger partial charge in [0, 0.05) is 6.07 Å². The predicted octanol–water partition coefficient (Wildman–Crippen LogP) is 3.10. The van der Waals surface area contributed by atoms with E-state index in [2.05, 4.69) is 4.74 Å². The summed E-state index contributed by atoms with van der Waals surface area (Å²) in [4.78, 5) is 11.5. The molecule has 0 amide bonds. The second-order valence-corrected chi connectivity index (χ2v) is 3.86. The number of carbonyl (C=O) groups is 1. The number of aromatic hydroxyl groups is 1. The standard InChI is InChI=1S/C10H8ClF3O3/c1-5(11)9(16)7-3-2-6(15)4-8(7)17-10(12,13)14/h2-5,15H,1H3. The van der Waals surface area contributed by atoms with Gasteiger partial charge in [0.15, 0.2) is 5.78 Å². The number of hydrogen-bond donors (Lipinski definition) is 1. The summed E-state index contributed by atoms with van der Waals surface area (Å²) in [6.07, 6.45) is -4.95. The molecule has 0 spiro atoms. The molecule has 17 heavy (non-hydrogen) atoms. The molecule has 1 unspecified atom stereocenters. The van der Waals surface area contributed by atoms with Gasteiger partial charge in [0.2, 0.25) is 0 Å². The number of ketones is 1. The highest BCUT2D eigenvalue weighted by Gasteiger charge is 2.33. The van der Waals surface area contributed by atoms with E-state index >= 15 is 0 Å². The molecule has 0 aliphatic carbocycles. The number of phenols is 1. The van der Waals surface area contributed by atoms with Gasteiger partial charge >= 0.3 is 6.36 Å². The molecule has 0 aliphatic rings. The second-order valence-electron chi connectivity index (χ2n) is 3.21. The lowest BCUT2D eigenvalue weighted by atomic mass is 10.1. The number of Topliss-reactive ketones (excluding diaryl/α,β-unsaturated/α-hetero) is 1. The third-order valence-corrected chi connectivity index (χ3v) is 2.02. The number of rotatable bonds is 3. The zero-order valence-electron chi connectivity index (χ0n) is 8.58. The van der Waals surface area contributed by atoms with Crippen LogP contribution in [0.25, 0.3) is 0 Å². The van der Waals surface area contributed by atoms with Gasteiger partial charge in [-0.3, -0.25) is 4.79 Å². The number of halogens is 4. The second kappa shape index (κ2) is 4.83. The van der Waals surface area contributed by atoms with Gasteiger partial charge in [-0.2, -0.15) is 0 Å².